The molecule has 0 bridgehead atoms. The lowest BCUT2D eigenvalue weighted by Crippen LogP contribution is -2.43. The molecule has 6 nitrogen and oxygen atoms in total. The van der Waals surface area contributed by atoms with Crippen LogP contribution in [0, 0.1) is 0 Å². The molecule has 0 atom stereocenters. The molecule has 0 spiro atoms. The third-order valence-electron chi connectivity index (χ3n) is 3.41. The fourth-order valence-electron chi connectivity index (χ4n) is 2.23. The van der Waals surface area contributed by atoms with Crippen LogP contribution in [-0.2, 0) is 21.3 Å². The first kappa shape index (κ1) is 16.2. The zero-order valence-corrected chi connectivity index (χ0v) is 13.1. The summed E-state index contributed by atoms with van der Waals surface area (Å²) in [6, 6.07) is 7.69. The average molecular weight is 314 g/mol. The molecule has 1 aliphatic heterocycles. The summed E-state index contributed by atoms with van der Waals surface area (Å²) in [7, 11) is -1.57. The fourth-order valence-corrected chi connectivity index (χ4v) is 3.59. The Bertz CT molecular complexity index is 542. The van der Waals surface area contributed by atoms with E-state index < -0.39 is 10.0 Å². The van der Waals surface area contributed by atoms with Crippen molar-refractivity contribution in [2.75, 3.05) is 45.7 Å². The Balaban J connectivity index is 1.78. The Kier molecular flexibility index (Phi) is 5.98. The van der Waals surface area contributed by atoms with E-state index in [1.165, 1.54) is 4.31 Å². The Labute approximate surface area is 126 Å². The SMILES string of the molecule is COc1ccccc1CNCCS(=O)(=O)N1CCOCC1. The van der Waals surface area contributed by atoms with Crippen molar-refractivity contribution in [1.82, 2.24) is 9.62 Å². The van der Waals surface area contributed by atoms with Gasteiger partial charge in [0.1, 0.15) is 5.75 Å². The average Bonchev–Trinajstić information content (AvgIpc) is 2.53. The fraction of sp³-hybridized carbons (Fsp3) is 0.571. The molecule has 0 aliphatic carbocycles. The maximum absolute atomic E-state index is 12.1. The van der Waals surface area contributed by atoms with Gasteiger partial charge in [0.15, 0.2) is 0 Å². The van der Waals surface area contributed by atoms with Gasteiger partial charge in [0.05, 0.1) is 26.1 Å². The van der Waals surface area contributed by atoms with Crippen LogP contribution in [-0.4, -0.2) is 58.4 Å². The van der Waals surface area contributed by atoms with Gasteiger partial charge in [-0.1, -0.05) is 18.2 Å². The van der Waals surface area contributed by atoms with Crippen LogP contribution in [0.2, 0.25) is 0 Å². The summed E-state index contributed by atoms with van der Waals surface area (Å²) in [6.45, 7) is 2.87. The van der Waals surface area contributed by atoms with Crippen molar-refractivity contribution < 1.29 is 17.9 Å². The molecule has 1 saturated heterocycles. The maximum atomic E-state index is 12.1. The van der Waals surface area contributed by atoms with Gasteiger partial charge in [-0.15, -0.1) is 0 Å². The van der Waals surface area contributed by atoms with Gasteiger partial charge in [-0.05, 0) is 6.07 Å². The van der Waals surface area contributed by atoms with Crippen molar-refractivity contribution in [2.24, 2.45) is 0 Å². The number of methoxy groups -OCH3 is 1. The second-order valence-corrected chi connectivity index (χ2v) is 6.90. The van der Waals surface area contributed by atoms with Gasteiger partial charge >= 0.3 is 0 Å². The number of morpholine rings is 1. The second kappa shape index (κ2) is 7.74. The Morgan fingerprint density at radius 3 is 2.71 bits per heavy atom. The topological polar surface area (TPSA) is 67.9 Å². The van der Waals surface area contributed by atoms with Gasteiger partial charge in [0, 0.05) is 31.7 Å². The van der Waals surface area contributed by atoms with Gasteiger partial charge in [-0.2, -0.15) is 4.31 Å². The molecule has 0 aromatic heterocycles. The van der Waals surface area contributed by atoms with Gasteiger partial charge < -0.3 is 14.8 Å². The second-order valence-electron chi connectivity index (χ2n) is 4.82. The quantitative estimate of drug-likeness (QED) is 0.740. The predicted molar refractivity (Wildman–Crippen MR) is 80.9 cm³/mol. The van der Waals surface area contributed by atoms with Crippen LogP contribution >= 0.6 is 0 Å². The zero-order valence-electron chi connectivity index (χ0n) is 12.2. The van der Waals surface area contributed by atoms with E-state index >= 15 is 0 Å². The summed E-state index contributed by atoms with van der Waals surface area (Å²) in [5.74, 6) is 0.906. The van der Waals surface area contributed by atoms with Crippen molar-refractivity contribution in [3.63, 3.8) is 0 Å². The van der Waals surface area contributed by atoms with Crippen LogP contribution in [0.1, 0.15) is 5.56 Å². The maximum Gasteiger partial charge on any atom is 0.215 e. The van der Waals surface area contributed by atoms with E-state index in [9.17, 15) is 8.42 Å². The molecule has 2 rings (SSSR count). The van der Waals surface area contributed by atoms with E-state index in [-0.39, 0.29) is 5.75 Å². The number of hydrogen-bond donors (Lipinski definition) is 1. The minimum atomic E-state index is -3.19. The Morgan fingerprint density at radius 1 is 1.29 bits per heavy atom. The molecular weight excluding hydrogens is 292 g/mol. The van der Waals surface area contributed by atoms with Crippen LogP contribution in [0.15, 0.2) is 24.3 Å². The predicted octanol–water partition coefficient (Wildman–Crippen LogP) is 0.447. The first-order valence-corrected chi connectivity index (χ1v) is 8.62. The molecule has 7 heteroatoms. The molecule has 0 radical (unpaired) electrons. The van der Waals surface area contributed by atoms with Crippen molar-refractivity contribution in [3.05, 3.63) is 29.8 Å². The number of hydrogen-bond acceptors (Lipinski definition) is 5. The molecule has 1 aliphatic rings. The largest absolute Gasteiger partial charge is 0.496 e. The standard InChI is InChI=1S/C14H22N2O4S/c1-19-14-5-3-2-4-13(14)12-15-6-11-21(17,18)16-7-9-20-10-8-16/h2-5,15H,6-12H2,1H3. The third kappa shape index (κ3) is 4.67. The summed E-state index contributed by atoms with van der Waals surface area (Å²) in [4.78, 5) is 0. The minimum Gasteiger partial charge on any atom is -0.496 e. The van der Waals surface area contributed by atoms with Crippen LogP contribution in [0.4, 0.5) is 0 Å². The summed E-state index contributed by atoms with van der Waals surface area (Å²) in [5.41, 5.74) is 1.02. The molecule has 21 heavy (non-hydrogen) atoms. The summed E-state index contributed by atoms with van der Waals surface area (Å²) < 4.78 is 36.2. The molecule has 0 amide bonds. The van der Waals surface area contributed by atoms with Gasteiger partial charge in [-0.3, -0.25) is 0 Å². The van der Waals surface area contributed by atoms with Crippen molar-refractivity contribution >= 4 is 10.0 Å². The molecule has 118 valence electrons. The Morgan fingerprint density at radius 2 is 2.00 bits per heavy atom. The van der Waals surface area contributed by atoms with Crippen LogP contribution in [0.3, 0.4) is 0 Å². The summed E-state index contributed by atoms with van der Waals surface area (Å²) in [6.07, 6.45) is 0. The number of ether oxygens (including phenoxy) is 2. The monoisotopic (exact) mass is 314 g/mol. The molecule has 1 fully saturated rings. The first-order chi connectivity index (χ1) is 10.1. The number of benzene rings is 1. The lowest BCUT2D eigenvalue weighted by molar-refractivity contribution is 0.0730. The van der Waals surface area contributed by atoms with E-state index in [0.717, 1.165) is 11.3 Å². The van der Waals surface area contributed by atoms with Crippen molar-refractivity contribution in [3.8, 4) is 5.75 Å². The van der Waals surface area contributed by atoms with Crippen molar-refractivity contribution in [1.29, 1.82) is 0 Å². The number of para-hydroxylation sites is 1. The molecule has 1 N–H and O–H groups in total. The summed E-state index contributed by atoms with van der Waals surface area (Å²) >= 11 is 0. The number of nitrogens with one attached hydrogen (secondary N) is 1. The lowest BCUT2D eigenvalue weighted by Gasteiger charge is -2.26. The number of rotatable bonds is 7. The number of nitrogens with zero attached hydrogens (tertiary/aromatic N) is 1. The lowest BCUT2D eigenvalue weighted by atomic mass is 10.2. The highest BCUT2D eigenvalue weighted by atomic mass is 32.2. The molecule has 1 aromatic rings. The van der Waals surface area contributed by atoms with E-state index in [0.29, 0.717) is 39.4 Å². The van der Waals surface area contributed by atoms with Crippen LogP contribution in [0.25, 0.3) is 0 Å². The molecular formula is C14H22N2O4S. The van der Waals surface area contributed by atoms with Gasteiger partial charge in [0.2, 0.25) is 10.0 Å². The van der Waals surface area contributed by atoms with E-state index in [2.05, 4.69) is 5.32 Å². The summed E-state index contributed by atoms with van der Waals surface area (Å²) in [5, 5.41) is 3.15. The normalized spacial score (nSPS) is 16.8. The van der Waals surface area contributed by atoms with Crippen LogP contribution in [0.5, 0.6) is 5.75 Å². The highest BCUT2D eigenvalue weighted by Crippen LogP contribution is 2.16. The van der Waals surface area contributed by atoms with E-state index in [4.69, 9.17) is 9.47 Å². The highest BCUT2D eigenvalue weighted by molar-refractivity contribution is 7.89. The third-order valence-corrected chi connectivity index (χ3v) is 5.28. The zero-order chi connectivity index (χ0) is 15.1. The molecule has 0 saturated carbocycles. The highest BCUT2D eigenvalue weighted by Gasteiger charge is 2.23. The van der Waals surface area contributed by atoms with Crippen molar-refractivity contribution in [2.45, 2.75) is 6.54 Å². The molecule has 0 unspecified atom stereocenters. The Hall–Kier alpha value is -1.15. The minimum absolute atomic E-state index is 0.0994. The smallest absolute Gasteiger partial charge is 0.215 e. The van der Waals surface area contributed by atoms with Gasteiger partial charge in [-0.25, -0.2) is 8.42 Å². The first-order valence-electron chi connectivity index (χ1n) is 7.01. The van der Waals surface area contributed by atoms with Crippen LogP contribution < -0.4 is 10.1 Å². The number of sulfonamides is 1. The van der Waals surface area contributed by atoms with E-state index in [1.54, 1.807) is 7.11 Å². The molecule has 1 heterocycles. The van der Waals surface area contributed by atoms with E-state index in [1.807, 2.05) is 24.3 Å². The van der Waals surface area contributed by atoms with Gasteiger partial charge in [0.25, 0.3) is 0 Å². The molecule has 1 aromatic carbocycles.